The summed E-state index contributed by atoms with van der Waals surface area (Å²) in [6.45, 7) is 3.68. The zero-order valence-corrected chi connectivity index (χ0v) is 16.7. The number of hydrogen-bond acceptors (Lipinski definition) is 4. The minimum absolute atomic E-state index is 0.223. The number of rotatable bonds is 5. The van der Waals surface area contributed by atoms with Crippen LogP contribution in [0.5, 0.6) is 0 Å². The molecule has 0 saturated carbocycles. The van der Waals surface area contributed by atoms with Crippen LogP contribution in [-0.4, -0.2) is 23.0 Å². The van der Waals surface area contributed by atoms with E-state index < -0.39 is 5.91 Å². The van der Waals surface area contributed by atoms with Crippen molar-refractivity contribution in [2.24, 2.45) is 5.10 Å². The Bertz CT molecular complexity index is 1050. The maximum absolute atomic E-state index is 13.3. The molecule has 0 fully saturated rings. The third kappa shape index (κ3) is 4.86. The number of nitrogens with zero attached hydrogens (tertiary/aromatic N) is 3. The average Bonchev–Trinajstić information content (AvgIpc) is 2.74. The van der Waals surface area contributed by atoms with Gasteiger partial charge in [0.05, 0.1) is 22.5 Å². The number of pyridine rings is 1. The third-order valence-corrected chi connectivity index (χ3v) is 4.32. The number of aromatic nitrogens is 1. The highest BCUT2D eigenvalue weighted by Crippen LogP contribution is 2.26. The molecule has 0 aliphatic heterocycles. The SMILES string of the molecule is CC=NN(C(=O)c1cc(Cl)ccc1NC(=O)c1cccnc1)c1ccc(C)cc1. The molecule has 0 atom stereocenters. The Morgan fingerprint density at radius 1 is 1.14 bits per heavy atom. The lowest BCUT2D eigenvalue weighted by Gasteiger charge is -2.19. The molecule has 3 rings (SSSR count). The topological polar surface area (TPSA) is 74.7 Å². The van der Waals surface area contributed by atoms with Gasteiger partial charge in [-0.3, -0.25) is 14.6 Å². The summed E-state index contributed by atoms with van der Waals surface area (Å²) in [5.41, 5.74) is 2.59. The number of halogens is 1. The molecule has 1 heterocycles. The molecule has 6 nitrogen and oxygen atoms in total. The van der Waals surface area contributed by atoms with Gasteiger partial charge in [-0.1, -0.05) is 29.3 Å². The van der Waals surface area contributed by atoms with Crippen molar-refractivity contribution < 1.29 is 9.59 Å². The molecule has 2 amide bonds. The largest absolute Gasteiger partial charge is 0.321 e. The van der Waals surface area contributed by atoms with E-state index in [4.69, 9.17) is 11.6 Å². The summed E-state index contributed by atoms with van der Waals surface area (Å²) in [5.74, 6) is -0.800. The van der Waals surface area contributed by atoms with Crippen molar-refractivity contribution >= 4 is 41.0 Å². The Kier molecular flexibility index (Phi) is 6.36. The van der Waals surface area contributed by atoms with Crippen LogP contribution >= 0.6 is 11.6 Å². The van der Waals surface area contributed by atoms with Gasteiger partial charge in [0.15, 0.2) is 0 Å². The lowest BCUT2D eigenvalue weighted by molar-refractivity contribution is 0.0988. The molecule has 7 heteroatoms. The van der Waals surface area contributed by atoms with Gasteiger partial charge < -0.3 is 5.32 Å². The van der Waals surface area contributed by atoms with E-state index in [9.17, 15) is 9.59 Å². The fourth-order valence-corrected chi connectivity index (χ4v) is 2.82. The molecule has 0 radical (unpaired) electrons. The van der Waals surface area contributed by atoms with Crippen molar-refractivity contribution in [3.8, 4) is 0 Å². The molecule has 3 aromatic rings. The maximum Gasteiger partial charge on any atom is 0.280 e. The predicted molar refractivity (Wildman–Crippen MR) is 116 cm³/mol. The fraction of sp³-hybridized carbons (Fsp3) is 0.0909. The summed E-state index contributed by atoms with van der Waals surface area (Å²) in [5, 5.41) is 8.60. The molecular formula is C22H19ClN4O2. The van der Waals surface area contributed by atoms with E-state index in [-0.39, 0.29) is 11.5 Å². The third-order valence-electron chi connectivity index (χ3n) is 4.09. The molecule has 1 aromatic heterocycles. The van der Waals surface area contributed by atoms with Gasteiger partial charge in [-0.25, -0.2) is 0 Å². The second kappa shape index (κ2) is 9.12. The van der Waals surface area contributed by atoms with Crippen LogP contribution in [0.15, 0.2) is 72.1 Å². The molecule has 0 spiro atoms. The number of hydrazone groups is 1. The monoisotopic (exact) mass is 406 g/mol. The first kappa shape index (κ1) is 20.2. The van der Waals surface area contributed by atoms with Crippen LogP contribution in [-0.2, 0) is 0 Å². The number of anilines is 2. The molecule has 0 bridgehead atoms. The first-order valence-electron chi connectivity index (χ1n) is 8.90. The zero-order valence-electron chi connectivity index (χ0n) is 16.0. The van der Waals surface area contributed by atoms with Crippen molar-refractivity contribution in [1.82, 2.24) is 4.98 Å². The Balaban J connectivity index is 1.97. The van der Waals surface area contributed by atoms with Gasteiger partial charge in [0.2, 0.25) is 0 Å². The Morgan fingerprint density at radius 2 is 1.90 bits per heavy atom. The van der Waals surface area contributed by atoms with Gasteiger partial charge in [-0.2, -0.15) is 10.1 Å². The van der Waals surface area contributed by atoms with E-state index in [0.717, 1.165) is 5.56 Å². The highest BCUT2D eigenvalue weighted by atomic mass is 35.5. The van der Waals surface area contributed by atoms with Crippen molar-refractivity contribution in [2.45, 2.75) is 13.8 Å². The summed E-state index contributed by atoms with van der Waals surface area (Å²) in [6.07, 6.45) is 4.55. The first-order chi connectivity index (χ1) is 14.0. The van der Waals surface area contributed by atoms with Crippen molar-refractivity contribution in [3.63, 3.8) is 0 Å². The molecule has 0 saturated heterocycles. The first-order valence-corrected chi connectivity index (χ1v) is 9.28. The zero-order chi connectivity index (χ0) is 20.8. The Labute approximate surface area is 173 Å². The lowest BCUT2D eigenvalue weighted by atomic mass is 10.1. The normalized spacial score (nSPS) is 10.7. The van der Waals surface area contributed by atoms with Gasteiger partial charge >= 0.3 is 0 Å². The van der Waals surface area contributed by atoms with Crippen LogP contribution in [0.25, 0.3) is 0 Å². The minimum Gasteiger partial charge on any atom is -0.321 e. The molecule has 1 N–H and O–H groups in total. The number of nitrogens with one attached hydrogen (secondary N) is 1. The van der Waals surface area contributed by atoms with Crippen LogP contribution in [0.4, 0.5) is 11.4 Å². The van der Waals surface area contributed by atoms with Crippen molar-refractivity contribution in [2.75, 3.05) is 10.3 Å². The lowest BCUT2D eigenvalue weighted by Crippen LogP contribution is -2.27. The summed E-state index contributed by atoms with van der Waals surface area (Å²) in [6, 6.07) is 15.4. The highest BCUT2D eigenvalue weighted by Gasteiger charge is 2.22. The van der Waals surface area contributed by atoms with E-state index in [1.54, 1.807) is 49.5 Å². The number of amides is 2. The molecule has 146 valence electrons. The van der Waals surface area contributed by atoms with Crippen LogP contribution in [0, 0.1) is 6.92 Å². The average molecular weight is 407 g/mol. The molecular weight excluding hydrogens is 388 g/mol. The van der Waals surface area contributed by atoms with E-state index in [0.29, 0.717) is 22.0 Å². The molecule has 0 aliphatic rings. The fourth-order valence-electron chi connectivity index (χ4n) is 2.65. The number of benzene rings is 2. The smallest absolute Gasteiger partial charge is 0.280 e. The van der Waals surface area contributed by atoms with E-state index in [1.807, 2.05) is 19.1 Å². The summed E-state index contributed by atoms with van der Waals surface area (Å²) >= 11 is 6.13. The summed E-state index contributed by atoms with van der Waals surface area (Å²) < 4.78 is 0. The van der Waals surface area contributed by atoms with Gasteiger partial charge in [0, 0.05) is 23.6 Å². The molecule has 2 aromatic carbocycles. The molecule has 0 aliphatic carbocycles. The van der Waals surface area contributed by atoms with Gasteiger partial charge in [0.1, 0.15) is 0 Å². The second-order valence-corrected chi connectivity index (χ2v) is 6.65. The van der Waals surface area contributed by atoms with E-state index in [1.165, 1.54) is 23.5 Å². The van der Waals surface area contributed by atoms with Crippen LogP contribution in [0.3, 0.4) is 0 Å². The summed E-state index contributed by atoms with van der Waals surface area (Å²) in [4.78, 5) is 29.8. The van der Waals surface area contributed by atoms with Crippen molar-refractivity contribution in [3.05, 3.63) is 88.7 Å². The maximum atomic E-state index is 13.3. The minimum atomic E-state index is -0.420. The second-order valence-electron chi connectivity index (χ2n) is 6.21. The van der Waals surface area contributed by atoms with Crippen LogP contribution in [0.2, 0.25) is 5.02 Å². The number of carbonyl (C=O) groups is 2. The molecule has 29 heavy (non-hydrogen) atoms. The predicted octanol–water partition coefficient (Wildman–Crippen LogP) is 4.95. The number of hydrogen-bond donors (Lipinski definition) is 1. The quantitative estimate of drug-likeness (QED) is 0.481. The van der Waals surface area contributed by atoms with Crippen LogP contribution < -0.4 is 10.3 Å². The highest BCUT2D eigenvalue weighted by molar-refractivity contribution is 6.31. The van der Waals surface area contributed by atoms with Gasteiger partial charge in [-0.15, -0.1) is 0 Å². The molecule has 0 unspecified atom stereocenters. The Hall–Kier alpha value is -3.51. The summed E-state index contributed by atoms with van der Waals surface area (Å²) in [7, 11) is 0. The Morgan fingerprint density at radius 3 is 2.55 bits per heavy atom. The standard InChI is InChI=1S/C22H19ClN4O2/c1-3-25-27(18-9-6-15(2)7-10-18)22(29)19-13-17(23)8-11-20(19)26-21(28)16-5-4-12-24-14-16/h3-14H,1-2H3,(H,26,28). The number of carbonyl (C=O) groups excluding carboxylic acids is 2. The van der Waals surface area contributed by atoms with E-state index in [2.05, 4.69) is 15.4 Å². The number of aryl methyl sites for hydroxylation is 1. The van der Waals surface area contributed by atoms with Gasteiger partial charge in [0.25, 0.3) is 11.8 Å². The van der Waals surface area contributed by atoms with Crippen LogP contribution in [0.1, 0.15) is 33.2 Å². The van der Waals surface area contributed by atoms with Crippen molar-refractivity contribution in [1.29, 1.82) is 0 Å². The van der Waals surface area contributed by atoms with E-state index >= 15 is 0 Å². The van der Waals surface area contributed by atoms with Gasteiger partial charge in [-0.05, 0) is 56.3 Å².